The molecule has 0 fully saturated rings. The highest BCUT2D eigenvalue weighted by Crippen LogP contribution is 2.17. The minimum atomic E-state index is -0.399. The zero-order chi connectivity index (χ0) is 11.1. The second-order valence-electron chi connectivity index (χ2n) is 2.47. The molecule has 0 saturated heterocycles. The summed E-state index contributed by atoms with van der Waals surface area (Å²) >= 11 is 5.77. The number of esters is 1. The number of hydrogen-bond donors (Lipinski definition) is 0. The highest BCUT2D eigenvalue weighted by atomic mass is 35.5. The fourth-order valence-corrected chi connectivity index (χ4v) is 1.10. The smallest absolute Gasteiger partial charge is 0.339 e. The molecule has 12 heavy (non-hydrogen) atoms. The van der Waals surface area contributed by atoms with Gasteiger partial charge in [0.05, 0.1) is 17.7 Å². The minimum Gasteiger partial charge on any atom is -0.465 e. The lowest BCUT2D eigenvalue weighted by molar-refractivity contribution is 0.0601. The molecule has 0 saturated carbocycles. The highest BCUT2D eigenvalue weighted by Gasteiger charge is 2.09. The van der Waals surface area contributed by atoms with E-state index in [-0.39, 0.29) is 0 Å². The Balaban J connectivity index is 0.000000791. The zero-order valence-corrected chi connectivity index (χ0v) is 7.68. The van der Waals surface area contributed by atoms with Crippen LogP contribution in [0.15, 0.2) is 18.2 Å². The van der Waals surface area contributed by atoms with Crippen molar-refractivity contribution in [2.75, 3.05) is 7.11 Å². The number of halogens is 1. The normalized spacial score (nSPS) is 10.2. The van der Waals surface area contributed by atoms with Crippen molar-refractivity contribution in [3.05, 3.63) is 34.3 Å². The fourth-order valence-electron chi connectivity index (χ4n) is 0.905. The molecule has 1 aromatic carbocycles. The van der Waals surface area contributed by atoms with Gasteiger partial charge in [-0.1, -0.05) is 23.2 Å². The van der Waals surface area contributed by atoms with E-state index in [9.17, 15) is 4.79 Å². The Bertz CT molecular complexity index is 316. The number of ether oxygens (including phenoxy) is 1. The Morgan fingerprint density at radius 3 is 2.92 bits per heavy atom. The maximum atomic E-state index is 11.1. The van der Waals surface area contributed by atoms with Crippen LogP contribution < -0.4 is 0 Å². The SMILES string of the molecule is COC(=O)c1cc(C)ccc1Cl.[2H][2H]. The summed E-state index contributed by atoms with van der Waals surface area (Å²) in [6.45, 7) is 1.89. The predicted molar refractivity (Wildman–Crippen MR) is 49.6 cm³/mol. The number of hydrogen-bond acceptors (Lipinski definition) is 2. The van der Waals surface area contributed by atoms with Crippen molar-refractivity contribution in [1.82, 2.24) is 0 Å². The monoisotopic (exact) mass is 188 g/mol. The van der Waals surface area contributed by atoms with Crippen molar-refractivity contribution >= 4 is 17.6 Å². The quantitative estimate of drug-likeness (QED) is 0.634. The van der Waals surface area contributed by atoms with E-state index in [4.69, 9.17) is 14.6 Å². The van der Waals surface area contributed by atoms with Crippen molar-refractivity contribution in [2.45, 2.75) is 6.92 Å². The molecule has 3 heteroatoms. The first-order chi connectivity index (χ1) is 6.65. The van der Waals surface area contributed by atoms with Gasteiger partial charge in [0, 0.05) is 2.97 Å². The summed E-state index contributed by atoms with van der Waals surface area (Å²) in [6, 6.07) is 5.23. The van der Waals surface area contributed by atoms with Crippen LogP contribution in [-0.2, 0) is 4.74 Å². The van der Waals surface area contributed by atoms with E-state index < -0.39 is 5.97 Å². The van der Waals surface area contributed by atoms with Crippen LogP contribution in [-0.4, -0.2) is 13.1 Å². The summed E-state index contributed by atoms with van der Waals surface area (Å²) in [6.07, 6.45) is 0. The third kappa shape index (κ3) is 1.77. The van der Waals surface area contributed by atoms with Crippen molar-refractivity contribution in [3.8, 4) is 0 Å². The van der Waals surface area contributed by atoms with E-state index in [0.717, 1.165) is 5.56 Å². The number of aryl methyl sites for hydroxylation is 1. The summed E-state index contributed by atoms with van der Waals surface area (Å²) in [7, 11) is 1.33. The average molecular weight is 189 g/mol. The highest BCUT2D eigenvalue weighted by molar-refractivity contribution is 6.33. The van der Waals surface area contributed by atoms with Crippen molar-refractivity contribution in [1.29, 1.82) is 0 Å². The Morgan fingerprint density at radius 1 is 1.67 bits per heavy atom. The summed E-state index contributed by atoms with van der Waals surface area (Å²) in [5.74, 6) is -0.399. The Morgan fingerprint density at radius 2 is 2.33 bits per heavy atom. The van der Waals surface area contributed by atoms with Crippen LogP contribution in [0, 0.1) is 6.92 Å². The van der Waals surface area contributed by atoms with Gasteiger partial charge in [-0.15, -0.1) is 0 Å². The molecule has 0 radical (unpaired) electrons. The molecule has 0 aliphatic carbocycles. The van der Waals surface area contributed by atoms with Crippen LogP contribution in [0.4, 0.5) is 0 Å². The third-order valence-electron chi connectivity index (χ3n) is 1.53. The molecule has 66 valence electrons. The first-order valence-corrected chi connectivity index (χ1v) is 3.87. The molecule has 0 aliphatic rings. The van der Waals surface area contributed by atoms with Crippen LogP contribution in [0.25, 0.3) is 0 Å². The van der Waals surface area contributed by atoms with Crippen LogP contribution in [0.1, 0.15) is 18.9 Å². The van der Waals surface area contributed by atoms with E-state index >= 15 is 0 Å². The summed E-state index contributed by atoms with van der Waals surface area (Å²) in [4.78, 5) is 11.1. The second-order valence-corrected chi connectivity index (χ2v) is 2.88. The lowest BCUT2D eigenvalue weighted by Crippen LogP contribution is -2.02. The molecular weight excluding hydrogens is 176 g/mol. The van der Waals surface area contributed by atoms with E-state index in [0.29, 0.717) is 10.6 Å². The molecule has 0 spiro atoms. The van der Waals surface area contributed by atoms with Crippen molar-refractivity contribution < 1.29 is 12.5 Å². The molecule has 1 aromatic rings. The summed E-state index contributed by atoms with van der Waals surface area (Å²) in [5.41, 5.74) is 1.40. The van der Waals surface area contributed by atoms with Crippen LogP contribution in [0.3, 0.4) is 0 Å². The molecule has 0 aromatic heterocycles. The van der Waals surface area contributed by atoms with Crippen molar-refractivity contribution in [2.24, 2.45) is 0 Å². The van der Waals surface area contributed by atoms with Gasteiger partial charge >= 0.3 is 5.97 Å². The Kier molecular flexibility index (Phi) is 2.28. The maximum Gasteiger partial charge on any atom is 0.339 e. The number of rotatable bonds is 1. The Labute approximate surface area is 79.2 Å². The number of methoxy groups -OCH3 is 1. The molecule has 2 nitrogen and oxygen atoms in total. The lowest BCUT2D eigenvalue weighted by atomic mass is 10.1. The van der Waals surface area contributed by atoms with Crippen LogP contribution in [0.5, 0.6) is 0 Å². The van der Waals surface area contributed by atoms with E-state index in [1.54, 1.807) is 12.1 Å². The molecule has 0 aliphatic heterocycles. The first-order valence-electron chi connectivity index (χ1n) is 4.49. The summed E-state index contributed by atoms with van der Waals surface area (Å²) < 4.78 is 14.5. The second kappa shape index (κ2) is 3.59. The van der Waals surface area contributed by atoms with E-state index in [1.807, 2.05) is 13.0 Å². The van der Waals surface area contributed by atoms with Gasteiger partial charge < -0.3 is 4.74 Å². The van der Waals surface area contributed by atoms with E-state index in [2.05, 4.69) is 4.74 Å². The Hall–Kier alpha value is -1.02. The van der Waals surface area contributed by atoms with Gasteiger partial charge in [0.1, 0.15) is 0 Å². The molecule has 0 amide bonds. The molecule has 0 heterocycles. The molecule has 0 unspecified atom stereocenters. The number of benzene rings is 1. The van der Waals surface area contributed by atoms with Gasteiger partial charge in [-0.25, -0.2) is 4.79 Å². The summed E-state index contributed by atoms with van der Waals surface area (Å²) in [5, 5.41) is 0.424. The van der Waals surface area contributed by atoms with Crippen LogP contribution in [0.2, 0.25) is 5.02 Å². The molecule has 0 bridgehead atoms. The average Bonchev–Trinajstić information content (AvgIpc) is 2.23. The zero-order valence-electron chi connectivity index (χ0n) is 8.93. The van der Waals surface area contributed by atoms with Gasteiger partial charge in [0.2, 0.25) is 0 Å². The molecular formula is C9H11ClO2. The van der Waals surface area contributed by atoms with Gasteiger partial charge in [-0.2, -0.15) is 0 Å². The topological polar surface area (TPSA) is 26.3 Å². The van der Waals surface area contributed by atoms with Gasteiger partial charge in [0.15, 0.2) is 0 Å². The van der Waals surface area contributed by atoms with Gasteiger partial charge in [0.25, 0.3) is 0 Å². The molecule has 0 N–H and O–H groups in total. The lowest BCUT2D eigenvalue weighted by Gasteiger charge is -2.02. The third-order valence-corrected chi connectivity index (χ3v) is 1.86. The minimum absolute atomic E-state index is 0.399. The van der Waals surface area contributed by atoms with Crippen LogP contribution >= 0.6 is 11.6 Å². The maximum absolute atomic E-state index is 11.1. The fraction of sp³-hybridized carbons (Fsp3) is 0.222. The first kappa shape index (κ1) is 7.62. The molecule has 1 rings (SSSR count). The van der Waals surface area contributed by atoms with Gasteiger partial charge in [-0.05, 0) is 19.1 Å². The van der Waals surface area contributed by atoms with E-state index in [1.165, 1.54) is 7.11 Å². The number of carbonyl (C=O) groups is 1. The van der Waals surface area contributed by atoms with Gasteiger partial charge in [-0.3, -0.25) is 0 Å². The van der Waals surface area contributed by atoms with Crippen molar-refractivity contribution in [3.63, 3.8) is 0 Å². The standard InChI is InChI=1S/C9H9ClO2.H2/c1-6-3-4-8(10)7(5-6)9(11)12-2;/h3-5H,1-2H3;1H/i;1+1D. The number of carbonyl (C=O) groups excluding carboxylic acids is 1. The molecule has 0 atom stereocenters. The largest absolute Gasteiger partial charge is 0.465 e. The predicted octanol–water partition coefficient (Wildman–Crippen LogP) is 2.68.